The first kappa shape index (κ1) is 14.9. The highest BCUT2D eigenvalue weighted by Crippen LogP contribution is 2.49. The summed E-state index contributed by atoms with van der Waals surface area (Å²) in [6.45, 7) is 2.38. The molecule has 2 aliphatic rings. The van der Waals surface area contributed by atoms with Gasteiger partial charge in [-0.25, -0.2) is 0 Å². The van der Waals surface area contributed by atoms with Gasteiger partial charge in [-0.05, 0) is 52.4 Å². The smallest absolute Gasteiger partial charge is 0.311 e. The van der Waals surface area contributed by atoms with Crippen LogP contribution in [0.25, 0.3) is 0 Å². The van der Waals surface area contributed by atoms with Crippen LogP contribution in [-0.4, -0.2) is 36.2 Å². The summed E-state index contributed by atoms with van der Waals surface area (Å²) in [4.78, 5) is 14.0. The predicted octanol–water partition coefficient (Wildman–Crippen LogP) is 3.14. The number of nitrogens with zero attached hydrogens (tertiary/aromatic N) is 1. The van der Waals surface area contributed by atoms with Crippen molar-refractivity contribution < 1.29 is 14.6 Å². The van der Waals surface area contributed by atoms with E-state index in [0.29, 0.717) is 12.5 Å². The minimum Gasteiger partial charge on any atom is -0.496 e. The minimum atomic E-state index is -0.608. The molecule has 0 bridgehead atoms. The van der Waals surface area contributed by atoms with E-state index in [2.05, 4.69) is 26.9 Å². The highest BCUT2D eigenvalue weighted by molar-refractivity contribution is 9.10. The number of likely N-dealkylation sites (tertiary alicyclic amines) is 1. The fraction of sp³-hybridized carbons (Fsp3) is 0.562. The number of benzene rings is 1. The molecule has 2 atom stereocenters. The molecule has 1 saturated carbocycles. The highest BCUT2D eigenvalue weighted by atomic mass is 79.9. The van der Waals surface area contributed by atoms with Crippen molar-refractivity contribution in [2.75, 3.05) is 20.2 Å². The van der Waals surface area contributed by atoms with Gasteiger partial charge < -0.3 is 9.84 Å². The molecule has 5 heteroatoms. The van der Waals surface area contributed by atoms with E-state index in [1.807, 2.05) is 12.1 Å². The first-order valence-electron chi connectivity index (χ1n) is 7.33. The van der Waals surface area contributed by atoms with Gasteiger partial charge in [0.2, 0.25) is 0 Å². The molecule has 0 radical (unpaired) electrons. The molecule has 1 aromatic carbocycles. The van der Waals surface area contributed by atoms with Gasteiger partial charge in [-0.1, -0.05) is 12.5 Å². The van der Waals surface area contributed by atoms with Gasteiger partial charge in [0.1, 0.15) is 5.75 Å². The van der Waals surface area contributed by atoms with Crippen LogP contribution in [0.4, 0.5) is 0 Å². The van der Waals surface area contributed by atoms with E-state index in [1.54, 1.807) is 7.11 Å². The summed E-state index contributed by atoms with van der Waals surface area (Å²) in [5, 5.41) is 9.62. The summed E-state index contributed by atoms with van der Waals surface area (Å²) in [5.74, 6) is 0.527. The summed E-state index contributed by atoms with van der Waals surface area (Å²) in [6.07, 6.45) is 2.93. The van der Waals surface area contributed by atoms with Crippen molar-refractivity contribution >= 4 is 21.9 Å². The fourth-order valence-corrected chi connectivity index (χ4v) is 4.52. The van der Waals surface area contributed by atoms with Crippen LogP contribution in [0.1, 0.15) is 24.8 Å². The Hall–Kier alpha value is -1.07. The molecule has 114 valence electrons. The van der Waals surface area contributed by atoms with Crippen molar-refractivity contribution in [1.82, 2.24) is 4.90 Å². The number of aliphatic carboxylic acids is 1. The van der Waals surface area contributed by atoms with Crippen LogP contribution in [0, 0.1) is 11.3 Å². The van der Waals surface area contributed by atoms with Gasteiger partial charge in [-0.2, -0.15) is 0 Å². The number of halogens is 1. The Morgan fingerprint density at radius 3 is 3.00 bits per heavy atom. The van der Waals surface area contributed by atoms with Crippen molar-refractivity contribution in [3.63, 3.8) is 0 Å². The summed E-state index contributed by atoms with van der Waals surface area (Å²) in [6, 6.07) is 6.05. The third kappa shape index (κ3) is 2.57. The lowest BCUT2D eigenvalue weighted by molar-refractivity contribution is -0.149. The first-order chi connectivity index (χ1) is 10.0. The van der Waals surface area contributed by atoms with Gasteiger partial charge in [0.15, 0.2) is 0 Å². The average molecular weight is 354 g/mol. The Morgan fingerprint density at radius 2 is 2.38 bits per heavy atom. The molecular weight excluding hydrogens is 334 g/mol. The van der Waals surface area contributed by atoms with Gasteiger partial charge >= 0.3 is 5.97 Å². The molecule has 1 heterocycles. The van der Waals surface area contributed by atoms with E-state index in [0.717, 1.165) is 42.6 Å². The van der Waals surface area contributed by atoms with E-state index < -0.39 is 11.4 Å². The van der Waals surface area contributed by atoms with E-state index >= 15 is 0 Å². The first-order valence-corrected chi connectivity index (χ1v) is 8.12. The standard InChI is InChI=1S/C16H20BrNO3/c1-21-14-5-4-11(7-13(14)17)8-18-9-12-3-2-6-16(12,10-18)15(19)20/h4-5,7,12H,2-3,6,8-10H2,1H3,(H,19,20)/t12-,16+/m0/s1. The second-order valence-corrected chi connectivity index (χ2v) is 7.04. The lowest BCUT2D eigenvalue weighted by atomic mass is 9.81. The Morgan fingerprint density at radius 1 is 1.57 bits per heavy atom. The number of ether oxygens (including phenoxy) is 1. The lowest BCUT2D eigenvalue weighted by Crippen LogP contribution is -2.35. The van der Waals surface area contributed by atoms with Gasteiger partial charge in [-0.15, -0.1) is 0 Å². The number of carboxylic acids is 1. The van der Waals surface area contributed by atoms with Gasteiger partial charge in [0.25, 0.3) is 0 Å². The molecule has 1 N–H and O–H groups in total. The normalized spacial score (nSPS) is 28.6. The Labute approximate surface area is 133 Å². The van der Waals surface area contributed by atoms with Crippen molar-refractivity contribution in [3.8, 4) is 5.75 Å². The number of rotatable bonds is 4. The molecule has 0 amide bonds. The molecule has 0 spiro atoms. The van der Waals surface area contributed by atoms with Gasteiger partial charge in [0, 0.05) is 19.6 Å². The summed E-state index contributed by atoms with van der Waals surface area (Å²) in [5.41, 5.74) is 0.687. The number of carboxylic acid groups (broad SMARTS) is 1. The second kappa shape index (κ2) is 5.61. The zero-order valence-electron chi connectivity index (χ0n) is 12.1. The molecule has 1 aliphatic carbocycles. The fourth-order valence-electron chi connectivity index (χ4n) is 3.93. The van der Waals surface area contributed by atoms with Crippen molar-refractivity contribution in [2.45, 2.75) is 25.8 Å². The second-order valence-electron chi connectivity index (χ2n) is 6.19. The number of methoxy groups -OCH3 is 1. The van der Waals surface area contributed by atoms with Crippen LogP contribution >= 0.6 is 15.9 Å². The molecule has 3 rings (SSSR count). The maximum absolute atomic E-state index is 11.7. The molecular formula is C16H20BrNO3. The Kier molecular flexibility index (Phi) is 3.97. The molecule has 21 heavy (non-hydrogen) atoms. The SMILES string of the molecule is COc1ccc(CN2C[C@@H]3CCC[C@@]3(C(=O)O)C2)cc1Br. The third-order valence-corrected chi connectivity index (χ3v) is 5.61. The Balaban J connectivity index is 1.73. The van der Waals surface area contributed by atoms with Crippen LogP contribution < -0.4 is 4.74 Å². The van der Waals surface area contributed by atoms with Crippen molar-refractivity contribution in [3.05, 3.63) is 28.2 Å². The lowest BCUT2D eigenvalue weighted by Gasteiger charge is -2.23. The van der Waals surface area contributed by atoms with E-state index in [1.165, 1.54) is 5.56 Å². The van der Waals surface area contributed by atoms with Gasteiger partial charge in [-0.3, -0.25) is 9.69 Å². The summed E-state index contributed by atoms with van der Waals surface area (Å²) in [7, 11) is 1.65. The van der Waals surface area contributed by atoms with Crippen LogP contribution in [0.3, 0.4) is 0 Å². The van der Waals surface area contributed by atoms with E-state index in [9.17, 15) is 9.90 Å². The van der Waals surface area contributed by atoms with Crippen LogP contribution in [0.15, 0.2) is 22.7 Å². The molecule has 1 aliphatic heterocycles. The number of carbonyl (C=O) groups is 1. The largest absolute Gasteiger partial charge is 0.496 e. The Bertz CT molecular complexity index is 562. The zero-order valence-corrected chi connectivity index (χ0v) is 13.7. The quantitative estimate of drug-likeness (QED) is 0.903. The van der Waals surface area contributed by atoms with Gasteiger partial charge in [0.05, 0.1) is 17.0 Å². The highest BCUT2D eigenvalue weighted by Gasteiger charge is 2.54. The average Bonchev–Trinajstić information content (AvgIpc) is 2.96. The minimum absolute atomic E-state index is 0.316. The van der Waals surface area contributed by atoms with Crippen molar-refractivity contribution in [2.24, 2.45) is 11.3 Å². The van der Waals surface area contributed by atoms with Crippen LogP contribution in [0.2, 0.25) is 0 Å². The maximum Gasteiger partial charge on any atom is 0.311 e. The topological polar surface area (TPSA) is 49.8 Å². The molecule has 1 saturated heterocycles. The zero-order chi connectivity index (χ0) is 15.0. The molecule has 2 fully saturated rings. The number of fused-ring (bicyclic) bond motifs is 1. The monoisotopic (exact) mass is 353 g/mol. The molecule has 4 nitrogen and oxygen atoms in total. The summed E-state index contributed by atoms with van der Waals surface area (Å²) >= 11 is 3.50. The summed E-state index contributed by atoms with van der Waals surface area (Å²) < 4.78 is 6.18. The molecule has 0 unspecified atom stereocenters. The molecule has 1 aromatic rings. The number of hydrogen-bond acceptors (Lipinski definition) is 3. The number of hydrogen-bond donors (Lipinski definition) is 1. The van der Waals surface area contributed by atoms with Crippen LogP contribution in [0.5, 0.6) is 5.75 Å². The predicted molar refractivity (Wildman–Crippen MR) is 83.4 cm³/mol. The van der Waals surface area contributed by atoms with E-state index in [-0.39, 0.29) is 0 Å². The maximum atomic E-state index is 11.7. The third-order valence-electron chi connectivity index (χ3n) is 4.99. The van der Waals surface area contributed by atoms with Crippen molar-refractivity contribution in [1.29, 1.82) is 0 Å². The van der Waals surface area contributed by atoms with E-state index in [4.69, 9.17) is 4.74 Å². The van der Waals surface area contributed by atoms with Crippen LogP contribution in [-0.2, 0) is 11.3 Å². The molecule has 0 aromatic heterocycles.